The van der Waals surface area contributed by atoms with Crippen LogP contribution in [0.4, 0.5) is 0 Å². The van der Waals surface area contributed by atoms with Gasteiger partial charge in [0, 0.05) is 0 Å². The summed E-state index contributed by atoms with van der Waals surface area (Å²) in [6, 6.07) is -0.316. The van der Waals surface area contributed by atoms with E-state index in [9.17, 15) is 9.90 Å². The maximum absolute atomic E-state index is 12.1. The monoisotopic (exact) mass is 420 g/mol. The molecule has 1 N–H and O–H groups in total. The summed E-state index contributed by atoms with van der Waals surface area (Å²) in [5.74, 6) is -0.627. The van der Waals surface area contributed by atoms with Gasteiger partial charge in [0.2, 0.25) is 0 Å². The summed E-state index contributed by atoms with van der Waals surface area (Å²) in [6.45, 7) is 29.3. The Morgan fingerprint density at radius 3 is 1.36 bits per heavy atom. The summed E-state index contributed by atoms with van der Waals surface area (Å²) in [5.41, 5.74) is 0. The Kier molecular flexibility index (Phi) is 8.60. The van der Waals surface area contributed by atoms with Gasteiger partial charge in [0.05, 0.1) is 6.04 Å². The molecule has 25 heavy (non-hydrogen) atoms. The van der Waals surface area contributed by atoms with E-state index >= 15 is 0 Å². The minimum Gasteiger partial charge on any atom is -0.480 e. The predicted octanol–water partition coefficient (Wildman–Crippen LogP) is 5.16. The number of hydrogen-bond acceptors (Lipinski definition) is 3. The molecule has 4 nitrogen and oxygen atoms in total. The maximum atomic E-state index is 12.1. The van der Waals surface area contributed by atoms with Crippen molar-refractivity contribution in [2.75, 3.05) is 6.54 Å². The van der Waals surface area contributed by atoms with E-state index in [4.69, 9.17) is 0 Å². The molecule has 150 valence electrons. The second-order valence-electron chi connectivity index (χ2n) is 11.2. The minimum absolute atomic E-state index is 0.316. The van der Waals surface area contributed by atoms with Crippen molar-refractivity contribution in [3.63, 3.8) is 0 Å². The molecular formula is C17H44N2O2Si4. The molecule has 0 aliphatic carbocycles. The van der Waals surface area contributed by atoms with Crippen LogP contribution in [-0.2, 0) is 4.79 Å². The van der Waals surface area contributed by atoms with Gasteiger partial charge in [0.15, 0.2) is 0 Å². The lowest BCUT2D eigenvalue weighted by Gasteiger charge is -2.48. The summed E-state index contributed by atoms with van der Waals surface area (Å²) in [6.07, 6.45) is 1.76. The van der Waals surface area contributed by atoms with E-state index in [2.05, 4.69) is 87.0 Å². The Hall–Kier alpha value is 0.258. The number of rotatable bonds is 10. The average Bonchev–Trinajstić information content (AvgIpc) is 2.25. The molecule has 0 aliphatic heterocycles. The Morgan fingerprint density at radius 1 is 0.760 bits per heavy atom. The molecule has 0 radical (unpaired) electrons. The third-order valence-corrected chi connectivity index (χ3v) is 19.8. The third kappa shape index (κ3) is 8.21. The zero-order chi connectivity index (χ0) is 20.4. The van der Waals surface area contributed by atoms with Crippen LogP contribution in [0, 0.1) is 0 Å². The molecule has 0 aromatic carbocycles. The molecule has 0 heterocycles. The van der Waals surface area contributed by atoms with Crippen LogP contribution < -0.4 is 0 Å². The van der Waals surface area contributed by atoms with Crippen LogP contribution in [0.5, 0.6) is 0 Å². The Balaban J connectivity index is 5.33. The predicted molar refractivity (Wildman–Crippen MR) is 123 cm³/mol. The largest absolute Gasteiger partial charge is 0.480 e. The molecule has 0 aromatic rings. The number of carboxylic acid groups (broad SMARTS) is 1. The topological polar surface area (TPSA) is 43.8 Å². The van der Waals surface area contributed by atoms with Gasteiger partial charge in [-0.2, -0.15) is 0 Å². The van der Waals surface area contributed by atoms with Gasteiger partial charge in [-0.1, -0.05) is 78.6 Å². The quantitative estimate of drug-likeness (QED) is 0.495. The first-order chi connectivity index (χ1) is 10.8. The Labute approximate surface area is 161 Å². The van der Waals surface area contributed by atoms with E-state index in [0.29, 0.717) is 0 Å². The van der Waals surface area contributed by atoms with Crippen LogP contribution in [0.2, 0.25) is 78.6 Å². The number of nitrogens with zero attached hydrogens (tertiary/aromatic N) is 2. The van der Waals surface area contributed by atoms with Crippen LogP contribution >= 0.6 is 0 Å². The zero-order valence-electron chi connectivity index (χ0n) is 18.9. The first-order valence-electron chi connectivity index (χ1n) is 9.59. The first kappa shape index (κ1) is 25.3. The second-order valence-corrected chi connectivity index (χ2v) is 31.5. The standard InChI is InChI=1S/C17H44N2O2Si4/c1-22(2,3)18(23(4,5)6)15-13-14-16(17(20)21)19(24(7,8)9)25(10,11)12/h16H,13-15H2,1-12H3,(H,20,21). The molecule has 0 aliphatic rings. The summed E-state index contributed by atoms with van der Waals surface area (Å²) < 4.78 is 5.22. The van der Waals surface area contributed by atoms with Gasteiger partial charge in [0.25, 0.3) is 0 Å². The lowest BCUT2D eigenvalue weighted by molar-refractivity contribution is -0.140. The highest BCUT2D eigenvalue weighted by molar-refractivity contribution is 6.90. The smallest absolute Gasteiger partial charge is 0.319 e. The lowest BCUT2D eigenvalue weighted by atomic mass is 10.2. The van der Waals surface area contributed by atoms with E-state index in [1.807, 2.05) is 0 Å². The fourth-order valence-corrected chi connectivity index (χ4v) is 24.5. The minimum atomic E-state index is -1.68. The van der Waals surface area contributed by atoms with E-state index in [0.717, 1.165) is 19.4 Å². The van der Waals surface area contributed by atoms with Crippen molar-refractivity contribution < 1.29 is 9.90 Å². The molecule has 8 heteroatoms. The van der Waals surface area contributed by atoms with Gasteiger partial charge in [-0.25, -0.2) is 0 Å². The SMILES string of the molecule is C[Si](C)(C)N(CCCC(C(=O)O)N([Si](C)(C)C)[Si](C)(C)C)[Si](C)(C)C. The van der Waals surface area contributed by atoms with Gasteiger partial charge in [-0.15, -0.1) is 0 Å². The molecule has 0 aromatic heterocycles. The summed E-state index contributed by atoms with van der Waals surface area (Å²) in [4.78, 5) is 12.1. The molecule has 0 rings (SSSR count). The summed E-state index contributed by atoms with van der Waals surface area (Å²) in [5, 5.41) is 9.96. The van der Waals surface area contributed by atoms with Crippen LogP contribution in [-0.4, -0.2) is 65.1 Å². The van der Waals surface area contributed by atoms with Crippen molar-refractivity contribution in [3.05, 3.63) is 0 Å². The number of carbonyl (C=O) groups is 1. The van der Waals surface area contributed by atoms with Gasteiger partial charge in [0.1, 0.15) is 32.9 Å². The van der Waals surface area contributed by atoms with E-state index in [1.54, 1.807) is 0 Å². The van der Waals surface area contributed by atoms with Gasteiger partial charge < -0.3 is 13.6 Å². The highest BCUT2D eigenvalue weighted by atomic mass is 28.4. The molecule has 0 spiro atoms. The normalized spacial score (nSPS) is 15.8. The molecule has 0 saturated carbocycles. The maximum Gasteiger partial charge on any atom is 0.319 e. The molecule has 1 atom stereocenters. The van der Waals surface area contributed by atoms with Crippen LogP contribution in [0.1, 0.15) is 12.8 Å². The second kappa shape index (κ2) is 8.51. The van der Waals surface area contributed by atoms with E-state index < -0.39 is 38.9 Å². The molecular weight excluding hydrogens is 377 g/mol. The fourth-order valence-electron chi connectivity index (χ4n) is 4.42. The summed E-state index contributed by atoms with van der Waals surface area (Å²) >= 11 is 0. The molecule has 0 bridgehead atoms. The number of carboxylic acids is 1. The Morgan fingerprint density at radius 2 is 1.12 bits per heavy atom. The highest BCUT2D eigenvalue weighted by Gasteiger charge is 2.42. The number of aliphatic carboxylic acids is 1. The van der Waals surface area contributed by atoms with Crippen LogP contribution in [0.3, 0.4) is 0 Å². The van der Waals surface area contributed by atoms with Crippen molar-refractivity contribution in [1.82, 2.24) is 8.46 Å². The molecule has 0 saturated heterocycles. The molecule has 0 amide bonds. The van der Waals surface area contributed by atoms with Crippen molar-refractivity contribution in [1.29, 1.82) is 0 Å². The van der Waals surface area contributed by atoms with Gasteiger partial charge >= 0.3 is 5.97 Å². The van der Waals surface area contributed by atoms with Gasteiger partial charge in [-0.3, -0.25) is 4.79 Å². The van der Waals surface area contributed by atoms with E-state index in [-0.39, 0.29) is 6.04 Å². The van der Waals surface area contributed by atoms with Crippen molar-refractivity contribution in [2.24, 2.45) is 0 Å². The first-order valence-corrected chi connectivity index (χ1v) is 23.4. The fraction of sp³-hybridized carbons (Fsp3) is 0.941. The van der Waals surface area contributed by atoms with Crippen LogP contribution in [0.15, 0.2) is 0 Å². The van der Waals surface area contributed by atoms with Crippen molar-refractivity contribution >= 4 is 38.9 Å². The van der Waals surface area contributed by atoms with Crippen molar-refractivity contribution in [2.45, 2.75) is 97.4 Å². The average molecular weight is 421 g/mol. The third-order valence-electron chi connectivity index (χ3n) is 4.52. The highest BCUT2D eigenvalue weighted by Crippen LogP contribution is 2.27. The lowest BCUT2D eigenvalue weighted by Crippen LogP contribution is -2.65. The van der Waals surface area contributed by atoms with Crippen molar-refractivity contribution in [3.8, 4) is 0 Å². The van der Waals surface area contributed by atoms with Crippen LogP contribution in [0.25, 0.3) is 0 Å². The summed E-state index contributed by atoms with van der Waals surface area (Å²) in [7, 11) is -6.10. The molecule has 1 unspecified atom stereocenters. The molecule has 0 fully saturated rings. The van der Waals surface area contributed by atoms with Gasteiger partial charge in [-0.05, 0) is 19.4 Å². The number of hydrogen-bond donors (Lipinski definition) is 1. The zero-order valence-corrected chi connectivity index (χ0v) is 22.9. The Bertz CT molecular complexity index is 418. The van der Waals surface area contributed by atoms with E-state index in [1.165, 1.54) is 0 Å².